The van der Waals surface area contributed by atoms with E-state index in [0.29, 0.717) is 41.9 Å². The van der Waals surface area contributed by atoms with E-state index in [4.69, 9.17) is 9.47 Å². The summed E-state index contributed by atoms with van der Waals surface area (Å²) in [6.45, 7) is 3.73. The molecule has 0 aliphatic heterocycles. The Morgan fingerprint density at radius 3 is 2.03 bits per heavy atom. The van der Waals surface area contributed by atoms with E-state index in [-0.39, 0.29) is 20.0 Å². The van der Waals surface area contributed by atoms with Crippen LogP contribution in [-0.2, 0) is 4.57 Å². The summed E-state index contributed by atoms with van der Waals surface area (Å²) < 4.78 is 23.3. The van der Waals surface area contributed by atoms with Gasteiger partial charge in [-0.15, -0.1) is 0 Å². The molecule has 152 valence electrons. The first-order chi connectivity index (χ1) is 13.9. The van der Waals surface area contributed by atoms with Gasteiger partial charge in [-0.2, -0.15) is 0 Å². The molecule has 1 saturated carbocycles. The standard InChI is InChI=1S/C23H25O5P/c1-14-8-5-9-15(2)19(14)22(25)23(29-26)13-7-10-16(23)21(24)20-17(27-3)11-6-12-18(20)28-4/h5-6,8-9,11-12,16H,7,10,13H2,1-4H3. The van der Waals surface area contributed by atoms with Crippen LogP contribution in [0.1, 0.15) is 51.1 Å². The molecule has 2 unspecified atom stereocenters. The third kappa shape index (κ3) is 3.49. The number of hydrogen-bond donors (Lipinski definition) is 0. The Hall–Kier alpha value is -2.52. The topological polar surface area (TPSA) is 69.7 Å². The fourth-order valence-corrected chi connectivity index (χ4v) is 5.23. The molecule has 0 spiro atoms. The van der Waals surface area contributed by atoms with Gasteiger partial charge in [0, 0.05) is 11.5 Å². The zero-order valence-corrected chi connectivity index (χ0v) is 18.0. The lowest BCUT2D eigenvalue weighted by Crippen LogP contribution is -2.41. The van der Waals surface area contributed by atoms with E-state index in [1.165, 1.54) is 14.2 Å². The number of aryl methyl sites for hydroxylation is 2. The molecule has 29 heavy (non-hydrogen) atoms. The molecule has 6 heteroatoms. The van der Waals surface area contributed by atoms with Gasteiger partial charge < -0.3 is 9.47 Å². The van der Waals surface area contributed by atoms with Crippen molar-refractivity contribution in [1.82, 2.24) is 0 Å². The van der Waals surface area contributed by atoms with Crippen LogP contribution in [0.4, 0.5) is 0 Å². The van der Waals surface area contributed by atoms with Crippen LogP contribution in [0, 0.1) is 19.8 Å². The quantitative estimate of drug-likeness (QED) is 0.461. The molecule has 0 aromatic heterocycles. The van der Waals surface area contributed by atoms with Gasteiger partial charge >= 0.3 is 0 Å². The zero-order valence-electron chi connectivity index (χ0n) is 17.2. The van der Waals surface area contributed by atoms with Crippen LogP contribution < -0.4 is 9.47 Å². The number of ketones is 2. The second-order valence-corrected chi connectivity index (χ2v) is 8.44. The van der Waals surface area contributed by atoms with Gasteiger partial charge in [0.2, 0.25) is 0 Å². The van der Waals surface area contributed by atoms with E-state index in [2.05, 4.69) is 0 Å². The SMILES string of the molecule is COc1cccc(OC)c1C(=O)C1CCCC1(P=O)C(=O)c1c(C)cccc1C. The summed E-state index contributed by atoms with van der Waals surface area (Å²) >= 11 is 0. The zero-order chi connectivity index (χ0) is 21.2. The summed E-state index contributed by atoms with van der Waals surface area (Å²) in [4.78, 5) is 27.3. The largest absolute Gasteiger partial charge is 0.496 e. The van der Waals surface area contributed by atoms with E-state index in [9.17, 15) is 14.2 Å². The molecule has 1 aliphatic rings. The fourth-order valence-electron chi connectivity index (χ4n) is 4.42. The number of carbonyl (C=O) groups excluding carboxylic acids is 2. The van der Waals surface area contributed by atoms with Gasteiger partial charge in [-0.3, -0.25) is 14.2 Å². The molecule has 0 saturated heterocycles. The average molecular weight is 412 g/mol. The second kappa shape index (κ2) is 8.46. The molecule has 1 aliphatic carbocycles. The van der Waals surface area contributed by atoms with E-state index in [1.54, 1.807) is 18.2 Å². The molecule has 0 radical (unpaired) electrons. The van der Waals surface area contributed by atoms with Crippen molar-refractivity contribution < 1.29 is 23.6 Å². The molecular formula is C23H25O5P. The molecule has 5 nitrogen and oxygen atoms in total. The minimum atomic E-state index is -1.28. The van der Waals surface area contributed by atoms with Crippen LogP contribution in [0.15, 0.2) is 36.4 Å². The molecular weight excluding hydrogens is 387 g/mol. The monoisotopic (exact) mass is 412 g/mol. The van der Waals surface area contributed by atoms with Crippen LogP contribution >= 0.6 is 8.46 Å². The lowest BCUT2D eigenvalue weighted by atomic mass is 9.80. The average Bonchev–Trinajstić information content (AvgIpc) is 3.17. The lowest BCUT2D eigenvalue weighted by Gasteiger charge is -2.28. The number of carbonyl (C=O) groups is 2. The van der Waals surface area contributed by atoms with E-state index < -0.39 is 11.1 Å². The Kier molecular flexibility index (Phi) is 6.18. The van der Waals surface area contributed by atoms with E-state index >= 15 is 0 Å². The van der Waals surface area contributed by atoms with Crippen molar-refractivity contribution in [2.45, 2.75) is 38.3 Å². The number of benzene rings is 2. The van der Waals surface area contributed by atoms with Crippen molar-refractivity contribution in [3.63, 3.8) is 0 Å². The molecule has 0 amide bonds. The summed E-state index contributed by atoms with van der Waals surface area (Å²) in [6, 6.07) is 10.7. The van der Waals surface area contributed by atoms with Gasteiger partial charge in [-0.1, -0.05) is 30.7 Å². The van der Waals surface area contributed by atoms with Crippen LogP contribution in [0.25, 0.3) is 0 Å². The maximum absolute atomic E-state index is 13.7. The summed E-state index contributed by atoms with van der Waals surface area (Å²) in [5.74, 6) is -0.429. The highest BCUT2D eigenvalue weighted by atomic mass is 31.1. The first kappa shape index (κ1) is 21.2. The second-order valence-electron chi connectivity index (χ2n) is 7.46. The maximum Gasteiger partial charge on any atom is 0.181 e. The molecule has 0 heterocycles. The van der Waals surface area contributed by atoms with Crippen LogP contribution in [0.2, 0.25) is 0 Å². The van der Waals surface area contributed by atoms with Gasteiger partial charge in [0.05, 0.1) is 14.2 Å². The molecule has 2 aromatic carbocycles. The van der Waals surface area contributed by atoms with Crippen LogP contribution in [-0.4, -0.2) is 30.9 Å². The van der Waals surface area contributed by atoms with E-state index in [0.717, 1.165) is 11.1 Å². The first-order valence-corrected chi connectivity index (χ1v) is 10.4. The highest BCUT2D eigenvalue weighted by Crippen LogP contribution is 2.50. The number of Topliss-reactive ketones (excluding diaryl/α,β-unsaturated/α-hetero) is 2. The minimum Gasteiger partial charge on any atom is -0.496 e. The maximum atomic E-state index is 13.7. The molecule has 0 bridgehead atoms. The number of methoxy groups -OCH3 is 2. The first-order valence-electron chi connectivity index (χ1n) is 9.62. The van der Waals surface area contributed by atoms with Crippen molar-refractivity contribution in [1.29, 1.82) is 0 Å². The Morgan fingerprint density at radius 2 is 1.52 bits per heavy atom. The van der Waals surface area contributed by atoms with Crippen molar-refractivity contribution in [2.75, 3.05) is 14.2 Å². The summed E-state index contributed by atoms with van der Waals surface area (Å²) in [5.41, 5.74) is 2.51. The smallest absolute Gasteiger partial charge is 0.181 e. The van der Waals surface area contributed by atoms with Crippen LogP contribution in [0.5, 0.6) is 11.5 Å². The Bertz CT molecular complexity index is 925. The predicted molar refractivity (Wildman–Crippen MR) is 112 cm³/mol. The Labute approximate surface area is 172 Å². The van der Waals surface area contributed by atoms with Gasteiger partial charge in [-0.05, 0) is 49.9 Å². The van der Waals surface area contributed by atoms with Gasteiger partial charge in [-0.25, -0.2) is 0 Å². The Morgan fingerprint density at radius 1 is 0.966 bits per heavy atom. The lowest BCUT2D eigenvalue weighted by molar-refractivity contribution is 0.0813. The molecule has 0 N–H and O–H groups in total. The van der Waals surface area contributed by atoms with Crippen LogP contribution in [0.3, 0.4) is 0 Å². The normalized spacial score (nSPS) is 21.2. The predicted octanol–water partition coefficient (Wildman–Crippen LogP) is 5.22. The minimum absolute atomic E-state index is 0.227. The van der Waals surface area contributed by atoms with Crippen molar-refractivity contribution >= 4 is 20.0 Å². The van der Waals surface area contributed by atoms with E-state index in [1.807, 2.05) is 32.0 Å². The number of hydrogen-bond acceptors (Lipinski definition) is 5. The third-order valence-corrected chi connectivity index (χ3v) is 6.95. The van der Waals surface area contributed by atoms with Crippen molar-refractivity contribution in [2.24, 2.45) is 5.92 Å². The van der Waals surface area contributed by atoms with Gasteiger partial charge in [0.1, 0.15) is 22.2 Å². The van der Waals surface area contributed by atoms with Crippen molar-refractivity contribution in [3.8, 4) is 11.5 Å². The third-order valence-electron chi connectivity index (χ3n) is 5.88. The summed E-state index contributed by atoms with van der Waals surface area (Å²) in [6.07, 6.45) is 1.55. The highest BCUT2D eigenvalue weighted by Gasteiger charge is 2.54. The summed E-state index contributed by atoms with van der Waals surface area (Å²) in [5, 5.41) is -1.28. The summed E-state index contributed by atoms with van der Waals surface area (Å²) in [7, 11) is 2.65. The Balaban J connectivity index is 2.12. The number of rotatable bonds is 7. The molecule has 2 atom stereocenters. The fraction of sp³-hybridized carbons (Fsp3) is 0.391. The highest BCUT2D eigenvalue weighted by molar-refractivity contribution is 7.28. The molecule has 2 aromatic rings. The molecule has 1 fully saturated rings. The van der Waals surface area contributed by atoms with Gasteiger partial charge in [0.15, 0.2) is 20.0 Å². The molecule has 3 rings (SSSR count). The van der Waals surface area contributed by atoms with Gasteiger partial charge in [0.25, 0.3) is 0 Å². The number of ether oxygens (including phenoxy) is 2. The van der Waals surface area contributed by atoms with Crippen molar-refractivity contribution in [3.05, 3.63) is 58.7 Å².